The second-order valence-electron chi connectivity index (χ2n) is 3.68. The van der Waals surface area contributed by atoms with Crippen LogP contribution in [0.25, 0.3) is 0 Å². The molecular weight excluding hydrogens is 275 g/mol. The largest absolute Gasteiger partial charge is 0.348 e. The molecule has 0 aromatic carbocycles. The van der Waals surface area contributed by atoms with E-state index in [0.29, 0.717) is 12.1 Å². The van der Waals surface area contributed by atoms with Crippen LogP contribution in [-0.2, 0) is 6.54 Å². The molecule has 0 unspecified atom stereocenters. The van der Waals surface area contributed by atoms with Crippen molar-refractivity contribution in [1.29, 1.82) is 0 Å². The Bertz CT molecular complexity index is 582. The van der Waals surface area contributed by atoms with Gasteiger partial charge in [-0.2, -0.15) is 5.10 Å². The van der Waals surface area contributed by atoms with Gasteiger partial charge < -0.3 is 5.32 Å². The molecule has 2 heterocycles. The quantitative estimate of drug-likeness (QED) is 0.850. The highest BCUT2D eigenvalue weighted by Gasteiger charge is 2.12. The smallest absolute Gasteiger partial charge is 0.254 e. The van der Waals surface area contributed by atoms with Gasteiger partial charge in [-0.05, 0) is 19.1 Å². The predicted molar refractivity (Wildman–Crippen MR) is 68.8 cm³/mol. The molecule has 0 radical (unpaired) electrons. The Morgan fingerprint density at radius 3 is 2.83 bits per heavy atom. The van der Waals surface area contributed by atoms with E-state index in [-0.39, 0.29) is 16.2 Å². The highest BCUT2D eigenvalue weighted by atomic mass is 35.5. The van der Waals surface area contributed by atoms with Gasteiger partial charge in [0.05, 0.1) is 11.8 Å². The lowest BCUT2D eigenvalue weighted by atomic mass is 10.2. The summed E-state index contributed by atoms with van der Waals surface area (Å²) in [5.74, 6) is -0.301. The number of amides is 1. The minimum absolute atomic E-state index is 0.0870. The molecule has 0 saturated carbocycles. The molecule has 0 spiro atoms. The zero-order valence-corrected chi connectivity index (χ0v) is 11.0. The van der Waals surface area contributed by atoms with Crippen LogP contribution in [0.15, 0.2) is 18.3 Å². The lowest BCUT2D eigenvalue weighted by Gasteiger charge is -2.05. The molecule has 0 bridgehead atoms. The van der Waals surface area contributed by atoms with Crippen molar-refractivity contribution in [2.24, 2.45) is 0 Å². The third-order valence-corrected chi connectivity index (χ3v) is 2.93. The molecule has 5 nitrogen and oxygen atoms in total. The van der Waals surface area contributed by atoms with E-state index in [1.807, 2.05) is 6.92 Å². The monoisotopic (exact) mass is 284 g/mol. The molecule has 2 aromatic rings. The summed E-state index contributed by atoms with van der Waals surface area (Å²) in [5, 5.41) is 9.74. The normalized spacial score (nSPS) is 10.4. The molecule has 0 aliphatic rings. The zero-order valence-electron chi connectivity index (χ0n) is 9.50. The van der Waals surface area contributed by atoms with Crippen LogP contribution in [-0.4, -0.2) is 21.1 Å². The molecule has 18 heavy (non-hydrogen) atoms. The molecule has 0 atom stereocenters. The average Bonchev–Trinajstić information content (AvgIpc) is 2.72. The van der Waals surface area contributed by atoms with Gasteiger partial charge in [0.25, 0.3) is 5.91 Å². The fourth-order valence-corrected chi connectivity index (χ4v) is 1.84. The fraction of sp³-hybridized carbons (Fsp3) is 0.182. The van der Waals surface area contributed by atoms with E-state index < -0.39 is 0 Å². The van der Waals surface area contributed by atoms with Crippen molar-refractivity contribution < 1.29 is 4.79 Å². The van der Waals surface area contributed by atoms with E-state index in [1.165, 1.54) is 12.1 Å². The van der Waals surface area contributed by atoms with Gasteiger partial charge in [-0.3, -0.25) is 9.89 Å². The number of aryl methyl sites for hydroxylation is 1. The van der Waals surface area contributed by atoms with Crippen LogP contribution in [0, 0.1) is 6.92 Å². The lowest BCUT2D eigenvalue weighted by Crippen LogP contribution is -2.23. The first-order chi connectivity index (χ1) is 8.58. The van der Waals surface area contributed by atoms with Gasteiger partial charge in [0, 0.05) is 17.8 Å². The number of hydrogen-bond acceptors (Lipinski definition) is 3. The Labute approximate surface area is 114 Å². The highest BCUT2D eigenvalue weighted by Crippen LogP contribution is 2.16. The molecule has 0 fully saturated rings. The number of carbonyl (C=O) groups excluding carboxylic acids is 1. The minimum atomic E-state index is -0.301. The second kappa shape index (κ2) is 5.37. The third kappa shape index (κ3) is 2.80. The van der Waals surface area contributed by atoms with Crippen molar-refractivity contribution in [3.8, 4) is 0 Å². The topological polar surface area (TPSA) is 70.7 Å². The van der Waals surface area contributed by atoms with Crippen molar-refractivity contribution >= 4 is 29.1 Å². The SMILES string of the molecule is Cc1[nH]ncc1CNC(=O)c1ccc(Cl)nc1Cl. The van der Waals surface area contributed by atoms with E-state index in [9.17, 15) is 4.79 Å². The molecule has 0 aliphatic carbocycles. The number of halogens is 2. The Kier molecular flexibility index (Phi) is 3.84. The maximum absolute atomic E-state index is 11.9. The fourth-order valence-electron chi connectivity index (χ4n) is 1.41. The van der Waals surface area contributed by atoms with E-state index in [1.54, 1.807) is 6.20 Å². The molecule has 2 rings (SSSR count). The highest BCUT2D eigenvalue weighted by molar-refractivity contribution is 6.34. The van der Waals surface area contributed by atoms with Crippen LogP contribution < -0.4 is 5.32 Å². The number of nitrogens with one attached hydrogen (secondary N) is 2. The van der Waals surface area contributed by atoms with Crippen molar-refractivity contribution in [2.45, 2.75) is 13.5 Å². The van der Waals surface area contributed by atoms with Gasteiger partial charge in [-0.15, -0.1) is 0 Å². The number of H-pyrrole nitrogens is 1. The summed E-state index contributed by atoms with van der Waals surface area (Å²) < 4.78 is 0. The summed E-state index contributed by atoms with van der Waals surface area (Å²) in [6, 6.07) is 3.06. The standard InChI is InChI=1S/C11H10Cl2N4O/c1-6-7(5-15-17-6)4-14-11(18)8-2-3-9(12)16-10(8)13/h2-3,5H,4H2,1H3,(H,14,18)(H,15,17). The number of hydrogen-bond donors (Lipinski definition) is 2. The molecule has 0 saturated heterocycles. The number of nitrogens with zero attached hydrogens (tertiary/aromatic N) is 2. The Balaban J connectivity index is 2.06. The van der Waals surface area contributed by atoms with E-state index >= 15 is 0 Å². The van der Waals surface area contributed by atoms with Crippen molar-refractivity contribution in [3.63, 3.8) is 0 Å². The third-order valence-electron chi connectivity index (χ3n) is 2.43. The molecular formula is C11H10Cl2N4O. The van der Waals surface area contributed by atoms with E-state index in [0.717, 1.165) is 11.3 Å². The van der Waals surface area contributed by atoms with Crippen LogP contribution in [0.1, 0.15) is 21.6 Å². The number of aromatic nitrogens is 3. The lowest BCUT2D eigenvalue weighted by molar-refractivity contribution is 0.0950. The first-order valence-electron chi connectivity index (χ1n) is 5.17. The number of rotatable bonds is 3. The van der Waals surface area contributed by atoms with Crippen molar-refractivity contribution in [1.82, 2.24) is 20.5 Å². The summed E-state index contributed by atoms with van der Waals surface area (Å²) >= 11 is 11.5. The van der Waals surface area contributed by atoms with Crippen LogP contribution >= 0.6 is 23.2 Å². The maximum atomic E-state index is 11.9. The molecule has 2 aromatic heterocycles. The maximum Gasteiger partial charge on any atom is 0.254 e. The summed E-state index contributed by atoms with van der Waals surface area (Å²) in [6.45, 7) is 2.26. The van der Waals surface area contributed by atoms with Crippen LogP contribution in [0.3, 0.4) is 0 Å². The Morgan fingerprint density at radius 1 is 1.44 bits per heavy atom. The van der Waals surface area contributed by atoms with Gasteiger partial charge in [0.2, 0.25) is 0 Å². The van der Waals surface area contributed by atoms with Crippen LogP contribution in [0.4, 0.5) is 0 Å². The Morgan fingerprint density at radius 2 is 2.22 bits per heavy atom. The van der Waals surface area contributed by atoms with Crippen LogP contribution in [0.5, 0.6) is 0 Å². The average molecular weight is 285 g/mol. The summed E-state index contributed by atoms with van der Waals surface area (Å²) in [7, 11) is 0. The van der Waals surface area contributed by atoms with Gasteiger partial charge in [0.15, 0.2) is 0 Å². The minimum Gasteiger partial charge on any atom is -0.348 e. The van der Waals surface area contributed by atoms with E-state index in [2.05, 4.69) is 20.5 Å². The van der Waals surface area contributed by atoms with E-state index in [4.69, 9.17) is 23.2 Å². The van der Waals surface area contributed by atoms with Gasteiger partial charge in [0.1, 0.15) is 10.3 Å². The van der Waals surface area contributed by atoms with Gasteiger partial charge >= 0.3 is 0 Å². The molecule has 0 aliphatic heterocycles. The number of carbonyl (C=O) groups is 1. The summed E-state index contributed by atoms with van der Waals surface area (Å²) in [4.78, 5) is 15.7. The number of pyridine rings is 1. The van der Waals surface area contributed by atoms with Gasteiger partial charge in [-0.25, -0.2) is 4.98 Å². The molecule has 2 N–H and O–H groups in total. The molecule has 94 valence electrons. The zero-order chi connectivity index (χ0) is 13.1. The predicted octanol–water partition coefficient (Wildman–Crippen LogP) is 2.35. The molecule has 1 amide bonds. The summed E-state index contributed by atoms with van der Waals surface area (Å²) in [5.41, 5.74) is 2.12. The number of aromatic amines is 1. The molecule has 7 heteroatoms. The van der Waals surface area contributed by atoms with Crippen LogP contribution in [0.2, 0.25) is 10.3 Å². The van der Waals surface area contributed by atoms with Crippen molar-refractivity contribution in [2.75, 3.05) is 0 Å². The van der Waals surface area contributed by atoms with Gasteiger partial charge in [-0.1, -0.05) is 23.2 Å². The second-order valence-corrected chi connectivity index (χ2v) is 4.42. The Hall–Kier alpha value is -1.59. The first-order valence-corrected chi connectivity index (χ1v) is 5.92. The summed E-state index contributed by atoms with van der Waals surface area (Å²) in [6.07, 6.45) is 1.66. The first kappa shape index (κ1) is 12.9. The van der Waals surface area contributed by atoms with Crippen molar-refractivity contribution in [3.05, 3.63) is 45.5 Å².